The van der Waals surface area contributed by atoms with Gasteiger partial charge in [-0.15, -0.1) is 0 Å². The lowest BCUT2D eigenvalue weighted by atomic mass is 10.2. The standard InChI is InChI=1S/C11H18N2O/c1-8(2)14-11-6-4-5-10(13-11)7-9(3)12/h4-6,8-9H,7,12H2,1-3H3. The molecular weight excluding hydrogens is 176 g/mol. The van der Waals surface area contributed by atoms with E-state index in [2.05, 4.69) is 4.98 Å². The number of hydrogen-bond donors (Lipinski definition) is 1. The summed E-state index contributed by atoms with van der Waals surface area (Å²) in [7, 11) is 0. The van der Waals surface area contributed by atoms with Gasteiger partial charge in [0.05, 0.1) is 6.10 Å². The molecular formula is C11H18N2O. The quantitative estimate of drug-likeness (QED) is 0.794. The van der Waals surface area contributed by atoms with Gasteiger partial charge in [0.15, 0.2) is 0 Å². The van der Waals surface area contributed by atoms with E-state index in [9.17, 15) is 0 Å². The SMILES string of the molecule is CC(N)Cc1cccc(OC(C)C)n1. The van der Waals surface area contributed by atoms with Gasteiger partial charge in [0.2, 0.25) is 5.88 Å². The maximum absolute atomic E-state index is 5.69. The Kier molecular flexibility index (Phi) is 3.89. The van der Waals surface area contributed by atoms with Gasteiger partial charge in [-0.3, -0.25) is 0 Å². The molecule has 1 unspecified atom stereocenters. The van der Waals surface area contributed by atoms with Crippen LogP contribution in [0, 0.1) is 0 Å². The Labute approximate surface area is 85.3 Å². The number of aromatic nitrogens is 1. The van der Waals surface area contributed by atoms with Gasteiger partial charge < -0.3 is 10.5 Å². The highest BCUT2D eigenvalue weighted by atomic mass is 16.5. The minimum Gasteiger partial charge on any atom is -0.475 e. The van der Waals surface area contributed by atoms with Crippen LogP contribution in [0.3, 0.4) is 0 Å². The molecule has 0 saturated heterocycles. The highest BCUT2D eigenvalue weighted by molar-refractivity contribution is 5.16. The monoisotopic (exact) mass is 194 g/mol. The maximum Gasteiger partial charge on any atom is 0.213 e. The van der Waals surface area contributed by atoms with Crippen LogP contribution < -0.4 is 10.5 Å². The van der Waals surface area contributed by atoms with Crippen LogP contribution in [0.4, 0.5) is 0 Å². The molecule has 0 aliphatic carbocycles. The Balaban J connectivity index is 2.68. The zero-order chi connectivity index (χ0) is 10.6. The van der Waals surface area contributed by atoms with E-state index in [0.29, 0.717) is 5.88 Å². The summed E-state index contributed by atoms with van der Waals surface area (Å²) in [5.74, 6) is 0.679. The third-order valence-electron chi connectivity index (χ3n) is 1.67. The molecule has 78 valence electrons. The van der Waals surface area contributed by atoms with Crippen molar-refractivity contribution in [1.82, 2.24) is 4.98 Å². The first kappa shape index (κ1) is 11.0. The number of pyridine rings is 1. The van der Waals surface area contributed by atoms with E-state index in [0.717, 1.165) is 12.1 Å². The Morgan fingerprint density at radius 2 is 2.07 bits per heavy atom. The molecule has 3 nitrogen and oxygen atoms in total. The summed E-state index contributed by atoms with van der Waals surface area (Å²) in [6.45, 7) is 5.94. The molecule has 1 heterocycles. The number of nitrogens with two attached hydrogens (primary N) is 1. The summed E-state index contributed by atoms with van der Waals surface area (Å²) >= 11 is 0. The average Bonchev–Trinajstić information content (AvgIpc) is 2.01. The van der Waals surface area contributed by atoms with Gasteiger partial charge in [-0.2, -0.15) is 0 Å². The zero-order valence-corrected chi connectivity index (χ0v) is 9.03. The highest BCUT2D eigenvalue weighted by Gasteiger charge is 2.02. The normalized spacial score (nSPS) is 12.9. The van der Waals surface area contributed by atoms with Crippen LogP contribution in [-0.2, 0) is 6.42 Å². The van der Waals surface area contributed by atoms with Crippen LogP contribution in [0.15, 0.2) is 18.2 Å². The third kappa shape index (κ3) is 3.75. The summed E-state index contributed by atoms with van der Waals surface area (Å²) in [5, 5.41) is 0. The Morgan fingerprint density at radius 3 is 2.64 bits per heavy atom. The number of nitrogens with zero attached hydrogens (tertiary/aromatic N) is 1. The maximum atomic E-state index is 5.69. The van der Waals surface area contributed by atoms with Gasteiger partial charge in [-0.25, -0.2) is 4.98 Å². The molecule has 1 atom stereocenters. The lowest BCUT2D eigenvalue weighted by Crippen LogP contribution is -2.18. The van der Waals surface area contributed by atoms with Gasteiger partial charge in [0.1, 0.15) is 0 Å². The topological polar surface area (TPSA) is 48.1 Å². The van der Waals surface area contributed by atoms with Gasteiger partial charge in [0.25, 0.3) is 0 Å². The Hall–Kier alpha value is -1.09. The number of hydrogen-bond acceptors (Lipinski definition) is 3. The van der Waals surface area contributed by atoms with Crippen molar-refractivity contribution in [2.24, 2.45) is 5.73 Å². The molecule has 0 aliphatic heterocycles. The van der Waals surface area contributed by atoms with E-state index < -0.39 is 0 Å². The summed E-state index contributed by atoms with van der Waals surface area (Å²) in [5.41, 5.74) is 6.68. The fourth-order valence-electron chi connectivity index (χ4n) is 1.21. The van der Waals surface area contributed by atoms with Crippen molar-refractivity contribution in [3.8, 4) is 5.88 Å². The van der Waals surface area contributed by atoms with Crippen molar-refractivity contribution in [3.63, 3.8) is 0 Å². The minimum absolute atomic E-state index is 0.136. The average molecular weight is 194 g/mol. The second-order valence-electron chi connectivity index (χ2n) is 3.82. The van der Waals surface area contributed by atoms with Crippen LogP contribution in [-0.4, -0.2) is 17.1 Å². The molecule has 0 bridgehead atoms. The second-order valence-corrected chi connectivity index (χ2v) is 3.82. The third-order valence-corrected chi connectivity index (χ3v) is 1.67. The predicted octanol–water partition coefficient (Wildman–Crippen LogP) is 1.76. The van der Waals surface area contributed by atoms with Crippen LogP contribution in [0.2, 0.25) is 0 Å². The van der Waals surface area contributed by atoms with Crippen molar-refractivity contribution in [2.75, 3.05) is 0 Å². The van der Waals surface area contributed by atoms with Crippen molar-refractivity contribution in [3.05, 3.63) is 23.9 Å². The van der Waals surface area contributed by atoms with Crippen molar-refractivity contribution in [1.29, 1.82) is 0 Å². The molecule has 0 spiro atoms. The Bertz CT molecular complexity index is 259. The predicted molar refractivity (Wildman–Crippen MR) is 57.4 cm³/mol. The van der Waals surface area contributed by atoms with Crippen LogP contribution in [0.25, 0.3) is 0 Å². The Morgan fingerprint density at radius 1 is 1.36 bits per heavy atom. The highest BCUT2D eigenvalue weighted by Crippen LogP contribution is 2.10. The molecule has 3 heteroatoms. The van der Waals surface area contributed by atoms with E-state index >= 15 is 0 Å². The minimum atomic E-state index is 0.136. The number of rotatable bonds is 4. The molecule has 0 aromatic carbocycles. The fourth-order valence-corrected chi connectivity index (χ4v) is 1.21. The first-order valence-electron chi connectivity index (χ1n) is 4.96. The molecule has 0 amide bonds. The molecule has 1 rings (SSSR count). The van der Waals surface area contributed by atoms with E-state index in [1.165, 1.54) is 0 Å². The van der Waals surface area contributed by atoms with Gasteiger partial charge in [-0.05, 0) is 26.8 Å². The summed E-state index contributed by atoms with van der Waals surface area (Å²) < 4.78 is 5.48. The van der Waals surface area contributed by atoms with Crippen molar-refractivity contribution < 1.29 is 4.74 Å². The first-order chi connectivity index (χ1) is 6.58. The molecule has 1 aromatic heterocycles. The molecule has 14 heavy (non-hydrogen) atoms. The fraction of sp³-hybridized carbons (Fsp3) is 0.545. The van der Waals surface area contributed by atoms with Crippen molar-refractivity contribution in [2.45, 2.75) is 39.3 Å². The van der Waals surface area contributed by atoms with Gasteiger partial charge in [0, 0.05) is 24.2 Å². The summed E-state index contributed by atoms with van der Waals surface area (Å²) in [6, 6.07) is 5.92. The largest absolute Gasteiger partial charge is 0.475 e. The molecule has 0 saturated carbocycles. The van der Waals surface area contributed by atoms with Crippen LogP contribution in [0.5, 0.6) is 5.88 Å². The lowest BCUT2D eigenvalue weighted by molar-refractivity contribution is 0.232. The van der Waals surface area contributed by atoms with Crippen LogP contribution in [0.1, 0.15) is 26.5 Å². The van der Waals surface area contributed by atoms with Crippen LogP contribution >= 0.6 is 0 Å². The van der Waals surface area contributed by atoms with Crippen molar-refractivity contribution >= 4 is 0 Å². The molecule has 2 N–H and O–H groups in total. The second kappa shape index (κ2) is 4.96. The van der Waals surface area contributed by atoms with E-state index in [-0.39, 0.29) is 12.1 Å². The van der Waals surface area contributed by atoms with E-state index in [4.69, 9.17) is 10.5 Å². The summed E-state index contributed by atoms with van der Waals surface area (Å²) in [6.07, 6.45) is 0.947. The molecule has 0 fully saturated rings. The van der Waals surface area contributed by atoms with E-state index in [1.54, 1.807) is 0 Å². The smallest absolute Gasteiger partial charge is 0.213 e. The molecule has 1 aromatic rings. The van der Waals surface area contributed by atoms with Gasteiger partial charge >= 0.3 is 0 Å². The molecule has 0 radical (unpaired) electrons. The zero-order valence-electron chi connectivity index (χ0n) is 9.03. The summed E-state index contributed by atoms with van der Waals surface area (Å²) in [4.78, 5) is 4.35. The van der Waals surface area contributed by atoms with Gasteiger partial charge in [-0.1, -0.05) is 6.07 Å². The first-order valence-corrected chi connectivity index (χ1v) is 4.96. The number of ether oxygens (including phenoxy) is 1. The lowest BCUT2D eigenvalue weighted by Gasteiger charge is -2.10. The molecule has 0 aliphatic rings. The van der Waals surface area contributed by atoms with E-state index in [1.807, 2.05) is 39.0 Å².